The van der Waals surface area contributed by atoms with Crippen LogP contribution in [0.25, 0.3) is 5.57 Å². The summed E-state index contributed by atoms with van der Waals surface area (Å²) in [6.07, 6.45) is 6.33. The van der Waals surface area contributed by atoms with Crippen molar-refractivity contribution in [2.45, 2.75) is 32.9 Å². The highest BCUT2D eigenvalue weighted by Gasteiger charge is 2.30. The highest BCUT2D eigenvalue weighted by Crippen LogP contribution is 2.37. The third-order valence-corrected chi connectivity index (χ3v) is 7.66. The number of pyridine rings is 1. The molecule has 0 saturated carbocycles. The summed E-state index contributed by atoms with van der Waals surface area (Å²) < 4.78 is 5.43. The molecule has 1 saturated heterocycles. The second kappa shape index (κ2) is 12.2. The summed E-state index contributed by atoms with van der Waals surface area (Å²) in [5.41, 5.74) is 8.05. The molecule has 40 heavy (non-hydrogen) atoms. The molecular weight excluding hydrogens is 506 g/mol. The van der Waals surface area contributed by atoms with Crippen LogP contribution in [0, 0.1) is 13.8 Å². The maximum Gasteiger partial charge on any atom is 0.244 e. The van der Waals surface area contributed by atoms with Gasteiger partial charge in [-0.25, -0.2) is 9.97 Å². The van der Waals surface area contributed by atoms with Crippen LogP contribution in [0.2, 0.25) is 0 Å². The van der Waals surface area contributed by atoms with Crippen molar-refractivity contribution < 1.29 is 14.6 Å². The molecule has 210 valence electrons. The van der Waals surface area contributed by atoms with Crippen molar-refractivity contribution in [2.75, 3.05) is 57.6 Å². The van der Waals surface area contributed by atoms with Gasteiger partial charge in [0.1, 0.15) is 6.04 Å². The fraction of sp³-hybridized carbons (Fsp3) is 0.400. The van der Waals surface area contributed by atoms with Crippen molar-refractivity contribution in [1.29, 1.82) is 0 Å². The molecule has 3 aromatic rings. The fourth-order valence-electron chi connectivity index (χ4n) is 5.31. The molecule has 0 spiro atoms. The second-order valence-electron chi connectivity index (χ2n) is 10.4. The van der Waals surface area contributed by atoms with E-state index in [1.807, 2.05) is 38.2 Å². The number of aromatic nitrogens is 3. The number of likely N-dealkylation sites (N-methyl/N-ethyl adjacent to an activating group) is 1. The van der Waals surface area contributed by atoms with E-state index in [0.29, 0.717) is 24.7 Å². The number of carbonyl (C=O) groups excluding carboxylic acids is 1. The fourth-order valence-corrected chi connectivity index (χ4v) is 5.31. The molecule has 1 atom stereocenters. The number of allylic oxidation sites excluding steroid dienone is 1. The summed E-state index contributed by atoms with van der Waals surface area (Å²) >= 11 is 0. The third kappa shape index (κ3) is 5.90. The van der Waals surface area contributed by atoms with E-state index >= 15 is 0 Å². The van der Waals surface area contributed by atoms with Gasteiger partial charge < -0.3 is 25.4 Å². The number of aliphatic hydroxyl groups excluding tert-OH is 1. The third-order valence-electron chi connectivity index (χ3n) is 7.66. The number of nitrogens with zero attached hydrogens (tertiary/aromatic N) is 5. The topological polar surface area (TPSA) is 116 Å². The van der Waals surface area contributed by atoms with Crippen molar-refractivity contribution >= 4 is 28.8 Å². The Morgan fingerprint density at radius 3 is 2.65 bits per heavy atom. The molecule has 2 aliphatic rings. The Bertz CT molecular complexity index is 1420. The number of fused-ring (bicyclic) bond motifs is 1. The summed E-state index contributed by atoms with van der Waals surface area (Å²) in [6, 6.07) is 7.59. The normalized spacial score (nSPS) is 16.4. The van der Waals surface area contributed by atoms with Gasteiger partial charge in [-0.3, -0.25) is 14.7 Å². The molecule has 0 bridgehead atoms. The lowest BCUT2D eigenvalue weighted by Gasteiger charge is -2.36. The van der Waals surface area contributed by atoms with E-state index in [9.17, 15) is 9.90 Å². The first-order valence-electron chi connectivity index (χ1n) is 13.6. The van der Waals surface area contributed by atoms with Crippen LogP contribution >= 0.6 is 0 Å². The van der Waals surface area contributed by atoms with Gasteiger partial charge in [0.2, 0.25) is 11.9 Å². The summed E-state index contributed by atoms with van der Waals surface area (Å²) in [5.74, 6) is 0.418. The highest BCUT2D eigenvalue weighted by molar-refractivity contribution is 5.97. The minimum absolute atomic E-state index is 0.0472. The van der Waals surface area contributed by atoms with Gasteiger partial charge in [0.05, 0.1) is 36.5 Å². The molecule has 1 aliphatic heterocycles. The van der Waals surface area contributed by atoms with Crippen molar-refractivity contribution in [2.24, 2.45) is 0 Å². The van der Waals surface area contributed by atoms with Crippen molar-refractivity contribution in [3.8, 4) is 0 Å². The lowest BCUT2D eigenvalue weighted by molar-refractivity contribution is -0.124. The van der Waals surface area contributed by atoms with Gasteiger partial charge >= 0.3 is 0 Å². The monoisotopic (exact) mass is 543 g/mol. The summed E-state index contributed by atoms with van der Waals surface area (Å²) in [5, 5.41) is 15.8. The molecule has 2 aromatic heterocycles. The number of hydrogen-bond donors (Lipinski definition) is 3. The van der Waals surface area contributed by atoms with E-state index in [2.05, 4.69) is 49.6 Å². The smallest absolute Gasteiger partial charge is 0.244 e. The van der Waals surface area contributed by atoms with Crippen LogP contribution in [-0.2, 0) is 22.6 Å². The van der Waals surface area contributed by atoms with Gasteiger partial charge in [0, 0.05) is 50.7 Å². The number of aryl methyl sites for hydroxylation is 2. The van der Waals surface area contributed by atoms with Crippen molar-refractivity contribution in [3.63, 3.8) is 0 Å². The highest BCUT2D eigenvalue weighted by atomic mass is 16.5. The van der Waals surface area contributed by atoms with Crippen LogP contribution in [0.15, 0.2) is 42.7 Å². The standard InChI is InChI=1S/C30H37N7O3/c1-19-14-21(16-31-26(19)17-38)33-30-32-15-20(2)28(35-30)24-9-8-23-22(24)6-5-7-25(23)34-29(39)27(18-40-4)37-12-10-36(3)11-13-37/h5-7,9,14-16,27,38H,8,10-13,17-18H2,1-4H3,(H,34,39)(H,32,33,35)/t27-/m1/s1. The van der Waals surface area contributed by atoms with E-state index in [-0.39, 0.29) is 18.6 Å². The Morgan fingerprint density at radius 2 is 1.93 bits per heavy atom. The predicted octanol–water partition coefficient (Wildman–Crippen LogP) is 2.91. The number of amides is 1. The number of anilines is 3. The van der Waals surface area contributed by atoms with Gasteiger partial charge in [0.25, 0.3) is 0 Å². The maximum atomic E-state index is 13.5. The number of methoxy groups -OCH3 is 1. The van der Waals surface area contributed by atoms with E-state index in [1.165, 1.54) is 0 Å². The first kappa shape index (κ1) is 27.9. The van der Waals surface area contributed by atoms with Crippen LogP contribution in [0.5, 0.6) is 0 Å². The largest absolute Gasteiger partial charge is 0.390 e. The molecule has 10 heteroatoms. The zero-order chi connectivity index (χ0) is 28.2. The number of hydrogen-bond acceptors (Lipinski definition) is 9. The number of aliphatic hydroxyl groups is 1. The van der Waals surface area contributed by atoms with E-state index < -0.39 is 0 Å². The Balaban J connectivity index is 1.36. The van der Waals surface area contributed by atoms with Crippen LogP contribution < -0.4 is 10.6 Å². The first-order chi connectivity index (χ1) is 19.4. The zero-order valence-corrected chi connectivity index (χ0v) is 23.6. The molecule has 0 radical (unpaired) electrons. The molecule has 5 rings (SSSR count). The van der Waals surface area contributed by atoms with E-state index in [0.717, 1.165) is 71.1 Å². The second-order valence-corrected chi connectivity index (χ2v) is 10.4. The molecule has 1 fully saturated rings. The molecule has 3 heterocycles. The number of nitrogens with one attached hydrogen (secondary N) is 2. The average molecular weight is 544 g/mol. The molecule has 1 amide bonds. The van der Waals surface area contributed by atoms with Crippen molar-refractivity contribution in [1.82, 2.24) is 24.8 Å². The lowest BCUT2D eigenvalue weighted by atomic mass is 9.99. The van der Waals surface area contributed by atoms with Crippen LogP contribution in [0.1, 0.15) is 33.6 Å². The minimum Gasteiger partial charge on any atom is -0.390 e. The Kier molecular flexibility index (Phi) is 8.51. The Hall–Kier alpha value is -3.70. The Morgan fingerprint density at radius 1 is 1.12 bits per heavy atom. The van der Waals surface area contributed by atoms with Gasteiger partial charge in [-0.2, -0.15) is 0 Å². The molecule has 3 N–H and O–H groups in total. The molecule has 1 aromatic carbocycles. The van der Waals surface area contributed by atoms with Crippen LogP contribution in [0.3, 0.4) is 0 Å². The molecular formula is C30H37N7O3. The number of carbonyl (C=O) groups is 1. The van der Waals surface area contributed by atoms with Crippen LogP contribution in [-0.4, -0.2) is 88.8 Å². The van der Waals surface area contributed by atoms with E-state index in [4.69, 9.17) is 9.72 Å². The number of ether oxygens (including phenoxy) is 1. The van der Waals surface area contributed by atoms with E-state index in [1.54, 1.807) is 13.3 Å². The van der Waals surface area contributed by atoms with Crippen LogP contribution in [0.4, 0.5) is 17.3 Å². The summed E-state index contributed by atoms with van der Waals surface area (Å²) in [7, 11) is 3.74. The van der Waals surface area contributed by atoms with Gasteiger partial charge in [-0.05, 0) is 61.7 Å². The zero-order valence-electron chi connectivity index (χ0n) is 23.6. The SMILES string of the molecule is COC[C@H](C(=O)Nc1cccc2c1CC=C2c1nc(Nc2cnc(CO)c(C)c2)ncc1C)N1CCN(C)CC1. The van der Waals surface area contributed by atoms with Gasteiger partial charge in [0.15, 0.2) is 0 Å². The predicted molar refractivity (Wildman–Crippen MR) is 156 cm³/mol. The first-order valence-corrected chi connectivity index (χ1v) is 13.6. The number of piperazine rings is 1. The summed E-state index contributed by atoms with van der Waals surface area (Å²) in [4.78, 5) is 31.6. The average Bonchev–Trinajstić information content (AvgIpc) is 3.38. The van der Waals surface area contributed by atoms with Gasteiger partial charge in [-0.15, -0.1) is 0 Å². The number of rotatable bonds is 9. The van der Waals surface area contributed by atoms with Gasteiger partial charge in [-0.1, -0.05) is 18.2 Å². The minimum atomic E-state index is -0.342. The van der Waals surface area contributed by atoms with Crippen molar-refractivity contribution in [3.05, 3.63) is 76.4 Å². The maximum absolute atomic E-state index is 13.5. The Labute approximate surface area is 235 Å². The molecule has 1 aliphatic carbocycles. The quantitative estimate of drug-likeness (QED) is 0.375. The molecule has 10 nitrogen and oxygen atoms in total. The molecule has 0 unspecified atom stereocenters. The number of benzene rings is 1. The summed E-state index contributed by atoms with van der Waals surface area (Å²) in [6.45, 7) is 7.68. The lowest BCUT2D eigenvalue weighted by Crippen LogP contribution is -2.54.